The molecule has 2 aromatic carbocycles. The zero-order valence-electron chi connectivity index (χ0n) is 13.1. The molecule has 1 atom stereocenters. The van der Waals surface area contributed by atoms with Gasteiger partial charge in [-0.05, 0) is 36.3 Å². The number of fused-ring (bicyclic) bond motifs is 1. The van der Waals surface area contributed by atoms with Gasteiger partial charge in [-0.2, -0.15) is 0 Å². The lowest BCUT2D eigenvalue weighted by atomic mass is 9.99. The lowest BCUT2D eigenvalue weighted by molar-refractivity contribution is 0.403. The third-order valence-corrected chi connectivity index (χ3v) is 4.70. The summed E-state index contributed by atoms with van der Waals surface area (Å²) >= 11 is 5.49. The van der Waals surface area contributed by atoms with Gasteiger partial charge >= 0.3 is 0 Å². The summed E-state index contributed by atoms with van der Waals surface area (Å²) < 4.78 is 5.88. The Balaban J connectivity index is 1.44. The van der Waals surface area contributed by atoms with Gasteiger partial charge in [-0.3, -0.25) is 9.97 Å². The molecule has 0 aliphatic carbocycles. The van der Waals surface area contributed by atoms with Gasteiger partial charge < -0.3 is 9.64 Å². The Kier molecular flexibility index (Phi) is 4.09. The van der Waals surface area contributed by atoms with Gasteiger partial charge in [-0.1, -0.05) is 30.3 Å². The van der Waals surface area contributed by atoms with Crippen molar-refractivity contribution in [3.05, 3.63) is 66.5 Å². The van der Waals surface area contributed by atoms with Crippen molar-refractivity contribution >= 4 is 28.4 Å². The van der Waals surface area contributed by atoms with Crippen molar-refractivity contribution in [1.82, 2.24) is 14.9 Å². The fourth-order valence-corrected chi connectivity index (χ4v) is 3.36. The maximum absolute atomic E-state index is 5.88. The van der Waals surface area contributed by atoms with Crippen LogP contribution in [-0.2, 0) is 0 Å². The smallest absolute Gasteiger partial charge is 0.264 e. The number of hydrogen-bond donors (Lipinski definition) is 0. The number of ether oxygens (including phenoxy) is 1. The van der Waals surface area contributed by atoms with Crippen molar-refractivity contribution in [1.29, 1.82) is 0 Å². The third-order valence-electron chi connectivity index (χ3n) is 4.36. The van der Waals surface area contributed by atoms with Crippen molar-refractivity contribution in [3.8, 4) is 5.75 Å². The van der Waals surface area contributed by atoms with E-state index in [-0.39, 0.29) is 0 Å². The van der Waals surface area contributed by atoms with Crippen LogP contribution in [0.2, 0.25) is 0 Å². The largest absolute Gasteiger partial charge is 0.432 e. The maximum Gasteiger partial charge on any atom is 0.264 e. The summed E-state index contributed by atoms with van der Waals surface area (Å²) in [7, 11) is 0. The number of thiocarbonyl (C=S) groups is 1. The number of benzene rings is 2. The molecule has 1 saturated heterocycles. The van der Waals surface area contributed by atoms with Crippen molar-refractivity contribution < 1.29 is 4.74 Å². The Labute approximate surface area is 146 Å². The summed E-state index contributed by atoms with van der Waals surface area (Å²) in [6.45, 7) is 1.82. The molecule has 1 fully saturated rings. The van der Waals surface area contributed by atoms with Crippen molar-refractivity contribution in [2.45, 2.75) is 12.3 Å². The second-order valence-corrected chi connectivity index (χ2v) is 6.27. The second-order valence-electron chi connectivity index (χ2n) is 5.92. The lowest BCUT2D eigenvalue weighted by Crippen LogP contribution is -2.31. The molecule has 24 heavy (non-hydrogen) atoms. The number of likely N-dealkylation sites (tertiary alicyclic amines) is 1. The van der Waals surface area contributed by atoms with E-state index in [4.69, 9.17) is 17.0 Å². The fourth-order valence-electron chi connectivity index (χ4n) is 3.10. The fraction of sp³-hybridized carbons (Fsp3) is 0.211. The summed E-state index contributed by atoms with van der Waals surface area (Å²) in [5, 5.41) is 0.525. The molecule has 0 amide bonds. The van der Waals surface area contributed by atoms with Crippen LogP contribution in [0.4, 0.5) is 0 Å². The number of nitrogens with zero attached hydrogens (tertiary/aromatic N) is 3. The predicted molar refractivity (Wildman–Crippen MR) is 98.1 cm³/mol. The molecule has 0 unspecified atom stereocenters. The van der Waals surface area contributed by atoms with E-state index < -0.39 is 0 Å². The van der Waals surface area contributed by atoms with Gasteiger partial charge in [-0.15, -0.1) is 0 Å². The van der Waals surface area contributed by atoms with E-state index >= 15 is 0 Å². The van der Waals surface area contributed by atoms with E-state index in [0.717, 1.165) is 30.5 Å². The molecule has 0 bridgehead atoms. The Morgan fingerprint density at radius 1 is 1.04 bits per heavy atom. The van der Waals surface area contributed by atoms with Crippen LogP contribution in [0.15, 0.2) is 60.9 Å². The molecule has 1 aromatic heterocycles. The van der Waals surface area contributed by atoms with E-state index in [1.807, 2.05) is 24.3 Å². The Bertz CT molecular complexity index is 869. The highest BCUT2D eigenvalue weighted by atomic mass is 32.1. The SMILES string of the molecule is S=C(Oc1ccc2nccnc2c1)N1CC[C@@H](c2ccccc2)C1. The lowest BCUT2D eigenvalue weighted by Gasteiger charge is -2.19. The molecule has 1 aliphatic rings. The molecule has 4 rings (SSSR count). The van der Waals surface area contributed by atoms with Crippen LogP contribution in [0.1, 0.15) is 17.9 Å². The topological polar surface area (TPSA) is 38.3 Å². The highest BCUT2D eigenvalue weighted by Crippen LogP contribution is 2.28. The molecule has 4 nitrogen and oxygen atoms in total. The number of rotatable bonds is 2. The quantitative estimate of drug-likeness (QED) is 0.666. The summed E-state index contributed by atoms with van der Waals surface area (Å²) in [4.78, 5) is 10.7. The first-order valence-corrected chi connectivity index (χ1v) is 8.43. The highest BCUT2D eigenvalue weighted by Gasteiger charge is 2.26. The molecule has 2 heterocycles. The van der Waals surface area contributed by atoms with Crippen LogP contribution in [0.5, 0.6) is 5.75 Å². The Morgan fingerprint density at radius 2 is 1.83 bits per heavy atom. The van der Waals surface area contributed by atoms with Crippen LogP contribution >= 0.6 is 12.2 Å². The molecule has 120 valence electrons. The van der Waals surface area contributed by atoms with Gasteiger partial charge in [-0.25, -0.2) is 0 Å². The predicted octanol–water partition coefficient (Wildman–Crippen LogP) is 3.78. The van der Waals surface area contributed by atoms with Crippen LogP contribution < -0.4 is 4.74 Å². The van der Waals surface area contributed by atoms with Gasteiger partial charge in [0.05, 0.1) is 11.0 Å². The highest BCUT2D eigenvalue weighted by molar-refractivity contribution is 7.80. The summed E-state index contributed by atoms with van der Waals surface area (Å²) in [5.41, 5.74) is 3.02. The average Bonchev–Trinajstić information content (AvgIpc) is 3.13. The molecule has 5 heteroatoms. The van der Waals surface area contributed by atoms with E-state index in [1.165, 1.54) is 5.56 Å². The minimum atomic E-state index is 0.509. The van der Waals surface area contributed by atoms with Crippen molar-refractivity contribution in [3.63, 3.8) is 0 Å². The number of aromatic nitrogens is 2. The van der Waals surface area contributed by atoms with Crippen LogP contribution in [-0.4, -0.2) is 33.1 Å². The van der Waals surface area contributed by atoms with Crippen LogP contribution in [0.25, 0.3) is 11.0 Å². The first-order valence-electron chi connectivity index (χ1n) is 8.02. The average molecular weight is 335 g/mol. The van der Waals surface area contributed by atoms with E-state index in [2.05, 4.69) is 39.1 Å². The zero-order valence-corrected chi connectivity index (χ0v) is 13.9. The van der Waals surface area contributed by atoms with Crippen LogP contribution in [0.3, 0.4) is 0 Å². The molecule has 0 N–H and O–H groups in total. The van der Waals surface area contributed by atoms with Crippen LogP contribution in [0, 0.1) is 0 Å². The molecule has 3 aromatic rings. The molecule has 1 aliphatic heterocycles. The first-order chi connectivity index (χ1) is 11.8. The second kappa shape index (κ2) is 6.53. The Hall–Kier alpha value is -2.53. The van der Waals surface area contributed by atoms with Crippen molar-refractivity contribution in [2.24, 2.45) is 0 Å². The summed E-state index contributed by atoms with van der Waals surface area (Å²) in [5.74, 6) is 1.21. The van der Waals surface area contributed by atoms with Gasteiger partial charge in [0, 0.05) is 37.5 Å². The maximum atomic E-state index is 5.88. The first kappa shape index (κ1) is 15.0. The minimum absolute atomic E-state index is 0.509. The monoisotopic (exact) mass is 335 g/mol. The molecule has 0 saturated carbocycles. The third kappa shape index (κ3) is 3.08. The van der Waals surface area contributed by atoms with Crippen molar-refractivity contribution in [2.75, 3.05) is 13.1 Å². The minimum Gasteiger partial charge on any atom is -0.432 e. The zero-order chi connectivity index (χ0) is 16.4. The van der Waals surface area contributed by atoms with Gasteiger partial charge in [0.1, 0.15) is 5.75 Å². The van der Waals surface area contributed by atoms with E-state index in [0.29, 0.717) is 16.8 Å². The van der Waals surface area contributed by atoms with E-state index in [1.54, 1.807) is 12.4 Å². The standard InChI is InChI=1S/C19H17N3OS/c24-19(22-11-8-15(13-22)14-4-2-1-3-5-14)23-16-6-7-17-18(12-16)21-10-9-20-17/h1-7,9-10,12,15H,8,11,13H2/t15-/m1/s1. The molecular formula is C19H17N3OS. The molecule has 0 spiro atoms. The van der Waals surface area contributed by atoms with Gasteiger partial charge in [0.25, 0.3) is 5.17 Å². The Morgan fingerprint density at radius 3 is 2.67 bits per heavy atom. The number of hydrogen-bond acceptors (Lipinski definition) is 4. The molecular weight excluding hydrogens is 318 g/mol. The normalized spacial score (nSPS) is 17.2. The summed E-state index contributed by atoms with van der Waals surface area (Å²) in [6.07, 6.45) is 4.45. The van der Waals surface area contributed by atoms with Gasteiger partial charge in [0.2, 0.25) is 0 Å². The van der Waals surface area contributed by atoms with Gasteiger partial charge in [0.15, 0.2) is 0 Å². The summed E-state index contributed by atoms with van der Waals surface area (Å²) in [6, 6.07) is 16.2. The molecule has 0 radical (unpaired) electrons. The van der Waals surface area contributed by atoms with E-state index in [9.17, 15) is 0 Å².